The monoisotopic (exact) mass is 459 g/mol. The fraction of sp³-hybridized carbons (Fsp3) is 0.304. The lowest BCUT2D eigenvalue weighted by molar-refractivity contribution is -0.137. The van der Waals surface area contributed by atoms with Crippen LogP contribution in [0.4, 0.5) is 29.5 Å². The first-order valence-electron chi connectivity index (χ1n) is 10.5. The second-order valence-electron chi connectivity index (χ2n) is 7.87. The number of amides is 2. The minimum absolute atomic E-state index is 0.0978. The number of nitrogens with one attached hydrogen (secondary N) is 2. The van der Waals surface area contributed by atoms with Crippen LogP contribution in [-0.2, 0) is 6.18 Å². The first kappa shape index (κ1) is 22.5. The van der Waals surface area contributed by atoms with E-state index >= 15 is 0 Å². The number of rotatable bonds is 5. The van der Waals surface area contributed by atoms with Gasteiger partial charge < -0.3 is 21.1 Å². The van der Waals surface area contributed by atoms with E-state index < -0.39 is 17.8 Å². The Morgan fingerprint density at radius 2 is 1.73 bits per heavy atom. The fourth-order valence-corrected chi connectivity index (χ4v) is 3.90. The van der Waals surface area contributed by atoms with Crippen LogP contribution in [0.25, 0.3) is 16.9 Å². The average molecular weight is 459 g/mol. The number of alkyl halides is 3. The van der Waals surface area contributed by atoms with Crippen LogP contribution in [0.15, 0.2) is 48.5 Å². The lowest BCUT2D eigenvalue weighted by atomic mass is 10.1. The van der Waals surface area contributed by atoms with Gasteiger partial charge in [-0.05, 0) is 61.4 Å². The first-order valence-corrected chi connectivity index (χ1v) is 10.5. The fourth-order valence-electron chi connectivity index (χ4n) is 3.90. The van der Waals surface area contributed by atoms with Gasteiger partial charge in [0.1, 0.15) is 17.1 Å². The van der Waals surface area contributed by atoms with Gasteiger partial charge in [-0.3, -0.25) is 0 Å². The molecule has 4 N–H and O–H groups in total. The predicted octanol–water partition coefficient (Wildman–Crippen LogP) is 5.21. The van der Waals surface area contributed by atoms with Gasteiger partial charge in [-0.1, -0.05) is 12.8 Å². The molecule has 1 aromatic heterocycles. The first-order chi connectivity index (χ1) is 15.8. The van der Waals surface area contributed by atoms with Crippen molar-refractivity contribution >= 4 is 17.5 Å². The second-order valence-corrected chi connectivity index (χ2v) is 7.87. The molecule has 10 heteroatoms. The van der Waals surface area contributed by atoms with Gasteiger partial charge in [-0.25, -0.2) is 9.48 Å². The van der Waals surface area contributed by atoms with E-state index in [0.29, 0.717) is 22.7 Å². The van der Waals surface area contributed by atoms with Gasteiger partial charge in [-0.15, -0.1) is 0 Å². The van der Waals surface area contributed by atoms with E-state index in [1.807, 2.05) is 0 Å². The SMILES string of the molecule is COc1ccc(-c2nn(-c3ccc(C(F)(F)F)cc3)c(N)c2NC(=O)NC2CCCC2)cc1. The molecule has 0 atom stereocenters. The Labute approximate surface area is 188 Å². The van der Waals surface area contributed by atoms with Gasteiger partial charge >= 0.3 is 12.2 Å². The average Bonchev–Trinajstić information content (AvgIpc) is 3.42. The van der Waals surface area contributed by atoms with E-state index in [1.165, 1.54) is 16.8 Å². The van der Waals surface area contributed by atoms with Gasteiger partial charge in [0.15, 0.2) is 5.82 Å². The smallest absolute Gasteiger partial charge is 0.416 e. The van der Waals surface area contributed by atoms with E-state index in [0.717, 1.165) is 37.8 Å². The summed E-state index contributed by atoms with van der Waals surface area (Å²) in [7, 11) is 1.55. The molecule has 7 nitrogen and oxygen atoms in total. The number of benzene rings is 2. The zero-order valence-corrected chi connectivity index (χ0v) is 17.9. The Morgan fingerprint density at radius 3 is 2.30 bits per heavy atom. The third kappa shape index (κ3) is 4.89. The normalized spacial score (nSPS) is 14.3. The van der Waals surface area contributed by atoms with Gasteiger partial charge in [0.25, 0.3) is 0 Å². The minimum Gasteiger partial charge on any atom is -0.497 e. The number of nitrogen functional groups attached to an aromatic ring is 1. The van der Waals surface area contributed by atoms with Crippen molar-refractivity contribution in [3.05, 3.63) is 54.1 Å². The largest absolute Gasteiger partial charge is 0.497 e. The van der Waals surface area contributed by atoms with Crippen LogP contribution in [0.3, 0.4) is 0 Å². The third-order valence-electron chi connectivity index (χ3n) is 5.65. The van der Waals surface area contributed by atoms with Gasteiger partial charge in [0, 0.05) is 11.6 Å². The predicted molar refractivity (Wildman–Crippen MR) is 119 cm³/mol. The van der Waals surface area contributed by atoms with E-state index in [-0.39, 0.29) is 17.5 Å². The molecule has 174 valence electrons. The summed E-state index contributed by atoms with van der Waals surface area (Å²) in [4.78, 5) is 12.6. The molecule has 3 aromatic rings. The molecule has 0 radical (unpaired) electrons. The summed E-state index contributed by atoms with van der Waals surface area (Å²) in [5.41, 5.74) is 7.19. The molecule has 0 aliphatic heterocycles. The summed E-state index contributed by atoms with van der Waals surface area (Å²) in [5, 5.41) is 10.2. The molecular weight excluding hydrogens is 435 g/mol. The second kappa shape index (κ2) is 9.05. The number of ether oxygens (including phenoxy) is 1. The molecule has 1 aliphatic carbocycles. The van der Waals surface area contributed by atoms with Crippen LogP contribution in [0.2, 0.25) is 0 Å². The lowest BCUT2D eigenvalue weighted by Crippen LogP contribution is -2.36. The number of carbonyl (C=O) groups excluding carboxylic acids is 1. The number of anilines is 2. The number of methoxy groups -OCH3 is 1. The summed E-state index contributed by atoms with van der Waals surface area (Å²) in [5.74, 6) is 0.740. The number of carbonyl (C=O) groups is 1. The molecule has 1 aliphatic rings. The molecule has 0 spiro atoms. The Kier molecular flexibility index (Phi) is 6.17. The number of halogens is 3. The van der Waals surface area contributed by atoms with Crippen molar-refractivity contribution in [3.8, 4) is 22.7 Å². The number of aromatic nitrogens is 2. The van der Waals surface area contributed by atoms with E-state index in [2.05, 4.69) is 15.7 Å². The standard InChI is InChI=1S/C23H24F3N5O2/c1-33-18-12-6-14(7-13-18)19-20(29-22(32)28-16-4-2-3-5-16)21(27)31(30-19)17-10-8-15(9-11-17)23(24,25)26/h6-13,16H,2-5,27H2,1H3,(H2,28,29,32). The maximum Gasteiger partial charge on any atom is 0.416 e. The van der Waals surface area contributed by atoms with Crippen LogP contribution >= 0.6 is 0 Å². The van der Waals surface area contributed by atoms with Crippen LogP contribution in [0.5, 0.6) is 5.75 Å². The highest BCUT2D eigenvalue weighted by atomic mass is 19.4. The van der Waals surface area contributed by atoms with Crippen molar-refractivity contribution < 1.29 is 22.7 Å². The highest BCUT2D eigenvalue weighted by molar-refractivity contribution is 5.98. The topological polar surface area (TPSA) is 94.2 Å². The molecule has 0 saturated heterocycles. The Balaban J connectivity index is 1.70. The number of hydrogen-bond acceptors (Lipinski definition) is 4. The van der Waals surface area contributed by atoms with Gasteiger partial charge in [0.2, 0.25) is 0 Å². The van der Waals surface area contributed by atoms with Crippen molar-refractivity contribution in [1.29, 1.82) is 0 Å². The summed E-state index contributed by atoms with van der Waals surface area (Å²) in [6.45, 7) is 0. The Hall–Kier alpha value is -3.69. The summed E-state index contributed by atoms with van der Waals surface area (Å²) >= 11 is 0. The Morgan fingerprint density at radius 1 is 1.09 bits per heavy atom. The minimum atomic E-state index is -4.45. The molecule has 4 rings (SSSR count). The molecule has 0 unspecified atom stereocenters. The molecule has 2 amide bonds. The van der Waals surface area contributed by atoms with E-state index in [9.17, 15) is 18.0 Å². The van der Waals surface area contributed by atoms with E-state index in [4.69, 9.17) is 10.5 Å². The molecule has 1 saturated carbocycles. The maximum absolute atomic E-state index is 13.0. The van der Waals surface area contributed by atoms with E-state index in [1.54, 1.807) is 31.4 Å². The maximum atomic E-state index is 13.0. The quantitative estimate of drug-likeness (QED) is 0.488. The van der Waals surface area contributed by atoms with Crippen molar-refractivity contribution in [3.63, 3.8) is 0 Å². The van der Waals surface area contributed by atoms with Crippen molar-refractivity contribution in [1.82, 2.24) is 15.1 Å². The molecule has 0 bridgehead atoms. The number of nitrogens with zero attached hydrogens (tertiary/aromatic N) is 2. The van der Waals surface area contributed by atoms with Gasteiger partial charge in [0.05, 0.1) is 18.4 Å². The highest BCUT2D eigenvalue weighted by Crippen LogP contribution is 2.36. The summed E-state index contributed by atoms with van der Waals surface area (Å²) < 4.78 is 45.4. The zero-order chi connectivity index (χ0) is 23.6. The molecule has 33 heavy (non-hydrogen) atoms. The van der Waals surface area contributed by atoms with Crippen LogP contribution in [0, 0.1) is 0 Å². The molecule has 1 fully saturated rings. The summed E-state index contributed by atoms with van der Waals surface area (Å²) in [6.07, 6.45) is -0.488. The third-order valence-corrected chi connectivity index (χ3v) is 5.65. The molecule has 2 aromatic carbocycles. The summed E-state index contributed by atoms with van der Waals surface area (Å²) in [6, 6.07) is 11.2. The highest BCUT2D eigenvalue weighted by Gasteiger charge is 2.30. The number of urea groups is 1. The van der Waals surface area contributed by atoms with Crippen LogP contribution in [-0.4, -0.2) is 29.0 Å². The van der Waals surface area contributed by atoms with Crippen LogP contribution < -0.4 is 21.1 Å². The van der Waals surface area contributed by atoms with Crippen molar-refractivity contribution in [2.24, 2.45) is 0 Å². The number of hydrogen-bond donors (Lipinski definition) is 3. The molecular formula is C23H24F3N5O2. The zero-order valence-electron chi connectivity index (χ0n) is 17.9. The van der Waals surface area contributed by atoms with Crippen molar-refractivity contribution in [2.45, 2.75) is 37.9 Å². The Bertz CT molecular complexity index is 1120. The molecule has 1 heterocycles. The number of nitrogens with two attached hydrogens (primary N) is 1. The van der Waals surface area contributed by atoms with Crippen LogP contribution in [0.1, 0.15) is 31.2 Å². The van der Waals surface area contributed by atoms with Gasteiger partial charge in [-0.2, -0.15) is 18.3 Å². The lowest BCUT2D eigenvalue weighted by Gasteiger charge is -2.13. The van der Waals surface area contributed by atoms with Crippen molar-refractivity contribution in [2.75, 3.05) is 18.2 Å².